The normalized spacial score (nSPS) is 14.8. The van der Waals surface area contributed by atoms with Gasteiger partial charge in [-0.1, -0.05) is 54.4 Å². The minimum absolute atomic E-state index is 0.328. The Morgan fingerprint density at radius 1 is 1.11 bits per heavy atom. The molecule has 3 aromatic carbocycles. The van der Waals surface area contributed by atoms with Crippen LogP contribution in [0.2, 0.25) is 5.02 Å². The third-order valence-corrected chi connectivity index (χ3v) is 7.70. The van der Waals surface area contributed by atoms with Crippen molar-refractivity contribution in [3.05, 3.63) is 100.0 Å². The molecule has 7 heteroatoms. The Balaban J connectivity index is 1.76. The molecule has 182 valence electrons. The number of aromatic nitrogens is 2. The first-order valence-corrected chi connectivity index (χ1v) is 13.3. The van der Waals surface area contributed by atoms with Crippen LogP contribution < -0.4 is 0 Å². The lowest BCUT2D eigenvalue weighted by Crippen LogP contribution is -2.15. The molecule has 0 saturated heterocycles. The van der Waals surface area contributed by atoms with Crippen LogP contribution in [0.5, 0.6) is 0 Å². The summed E-state index contributed by atoms with van der Waals surface area (Å²) in [6.45, 7) is 0. The minimum atomic E-state index is -0.995. The zero-order valence-corrected chi connectivity index (χ0v) is 21.2. The second-order valence-electron chi connectivity index (χ2n) is 8.83. The van der Waals surface area contributed by atoms with E-state index in [1.54, 1.807) is 17.8 Å². The summed E-state index contributed by atoms with van der Waals surface area (Å²) in [6, 6.07) is 19.5. The summed E-state index contributed by atoms with van der Waals surface area (Å²) in [5.41, 5.74) is 6.31. The number of fused-ring (bicyclic) bond motifs is 1. The van der Waals surface area contributed by atoms with Gasteiger partial charge in [-0.2, -0.15) is 9.49 Å². The Labute approximate surface area is 217 Å². The fourth-order valence-corrected chi connectivity index (χ4v) is 5.42. The van der Waals surface area contributed by atoms with Crippen LogP contribution in [0.1, 0.15) is 41.5 Å². The number of carbonyl (C=O) groups is 1. The minimum Gasteiger partial charge on any atom is -0.478 e. The van der Waals surface area contributed by atoms with Crippen LogP contribution in [0.25, 0.3) is 28.1 Å². The molecule has 1 saturated carbocycles. The van der Waals surface area contributed by atoms with Crippen molar-refractivity contribution in [1.29, 1.82) is 0 Å². The van der Waals surface area contributed by atoms with Crippen molar-refractivity contribution in [2.24, 2.45) is 5.92 Å². The summed E-state index contributed by atoms with van der Waals surface area (Å²) in [6.07, 6.45) is 7.97. The zero-order chi connectivity index (χ0) is 25.2. The Bertz CT molecular complexity index is 1500. The number of nitrogens with one attached hydrogen (secondary N) is 1. The lowest BCUT2D eigenvalue weighted by atomic mass is 9.73. The standard InChI is InChI=1S/C29H24ClFN2O2S/c1-36-21-11-12-22(24(30)16-21)28(18-3-2-4-18)27(19-8-5-17(6-9-19)7-14-26(34)35)20-10-13-25-23(15-20)29(31)33-32-25/h5-16,18H,2-4H2,1H3,(H,32,33)(H,34,35). The zero-order valence-electron chi connectivity index (χ0n) is 19.6. The molecule has 0 atom stereocenters. The number of aliphatic carboxylic acids is 1. The van der Waals surface area contributed by atoms with Gasteiger partial charge >= 0.3 is 5.97 Å². The quantitative estimate of drug-likeness (QED) is 0.148. The third-order valence-electron chi connectivity index (χ3n) is 6.66. The fraction of sp³-hybridized carbons (Fsp3) is 0.172. The molecule has 1 heterocycles. The molecule has 0 amide bonds. The van der Waals surface area contributed by atoms with E-state index in [0.29, 0.717) is 21.8 Å². The van der Waals surface area contributed by atoms with E-state index in [0.717, 1.165) is 63.6 Å². The van der Waals surface area contributed by atoms with E-state index in [4.69, 9.17) is 16.7 Å². The summed E-state index contributed by atoms with van der Waals surface area (Å²) in [5, 5.41) is 16.6. The summed E-state index contributed by atoms with van der Waals surface area (Å²) in [5.74, 6) is -1.13. The summed E-state index contributed by atoms with van der Waals surface area (Å²) >= 11 is 8.50. The lowest BCUT2D eigenvalue weighted by Gasteiger charge is -2.32. The maximum absolute atomic E-state index is 14.5. The van der Waals surface area contributed by atoms with Gasteiger partial charge in [0.25, 0.3) is 0 Å². The molecule has 4 nitrogen and oxygen atoms in total. The van der Waals surface area contributed by atoms with Gasteiger partial charge in [0, 0.05) is 16.0 Å². The second-order valence-corrected chi connectivity index (χ2v) is 10.1. The molecule has 0 unspecified atom stereocenters. The van der Waals surface area contributed by atoms with E-state index in [-0.39, 0.29) is 0 Å². The molecule has 4 aromatic rings. The number of hydrogen-bond acceptors (Lipinski definition) is 3. The van der Waals surface area contributed by atoms with E-state index < -0.39 is 11.9 Å². The van der Waals surface area contributed by atoms with Gasteiger partial charge in [-0.15, -0.1) is 11.8 Å². The van der Waals surface area contributed by atoms with E-state index in [9.17, 15) is 9.18 Å². The molecule has 0 spiro atoms. The van der Waals surface area contributed by atoms with Crippen molar-refractivity contribution < 1.29 is 14.3 Å². The first kappa shape index (κ1) is 24.3. The molecule has 0 radical (unpaired) electrons. The van der Waals surface area contributed by atoms with Gasteiger partial charge in [0.05, 0.1) is 10.9 Å². The maximum Gasteiger partial charge on any atom is 0.328 e. The topological polar surface area (TPSA) is 66.0 Å². The Kier molecular flexibility index (Phi) is 6.99. The molecule has 1 aliphatic rings. The molecule has 36 heavy (non-hydrogen) atoms. The van der Waals surface area contributed by atoms with Crippen molar-refractivity contribution in [2.75, 3.05) is 6.26 Å². The van der Waals surface area contributed by atoms with Crippen LogP contribution in [0.4, 0.5) is 4.39 Å². The number of halogens is 2. The van der Waals surface area contributed by atoms with Crippen LogP contribution >= 0.6 is 23.4 Å². The molecule has 0 aliphatic heterocycles. The molecule has 0 bridgehead atoms. The first-order chi connectivity index (χ1) is 17.4. The van der Waals surface area contributed by atoms with Gasteiger partial charge in [-0.25, -0.2) is 4.79 Å². The SMILES string of the molecule is CSc1ccc(C(=C(c2ccc(C=CC(=O)O)cc2)c2ccc3n[nH]c(F)c3c2)C2CCC2)c(Cl)c1. The van der Waals surface area contributed by atoms with Gasteiger partial charge in [-0.05, 0) is 88.8 Å². The van der Waals surface area contributed by atoms with Crippen molar-refractivity contribution >= 4 is 57.5 Å². The highest BCUT2D eigenvalue weighted by molar-refractivity contribution is 7.98. The predicted molar refractivity (Wildman–Crippen MR) is 146 cm³/mol. The van der Waals surface area contributed by atoms with Crippen molar-refractivity contribution in [1.82, 2.24) is 10.2 Å². The van der Waals surface area contributed by atoms with E-state index >= 15 is 0 Å². The molecular formula is C29H24ClFN2O2S. The maximum atomic E-state index is 14.5. The average molecular weight is 519 g/mol. The fourth-order valence-electron chi connectivity index (χ4n) is 4.64. The Morgan fingerprint density at radius 2 is 1.86 bits per heavy atom. The number of carboxylic acid groups (broad SMARTS) is 1. The van der Waals surface area contributed by atoms with Gasteiger partial charge in [0.1, 0.15) is 0 Å². The molecule has 5 rings (SSSR count). The highest BCUT2D eigenvalue weighted by Gasteiger charge is 2.29. The molecular weight excluding hydrogens is 495 g/mol. The van der Waals surface area contributed by atoms with Crippen LogP contribution in [-0.2, 0) is 4.79 Å². The number of H-pyrrole nitrogens is 1. The number of hydrogen-bond donors (Lipinski definition) is 2. The van der Waals surface area contributed by atoms with Crippen LogP contribution in [0, 0.1) is 11.9 Å². The number of carboxylic acids is 1. The monoisotopic (exact) mass is 518 g/mol. The van der Waals surface area contributed by atoms with Crippen LogP contribution in [-0.4, -0.2) is 27.5 Å². The number of benzene rings is 3. The van der Waals surface area contributed by atoms with Crippen LogP contribution in [0.3, 0.4) is 0 Å². The van der Waals surface area contributed by atoms with E-state index in [1.807, 2.05) is 54.8 Å². The van der Waals surface area contributed by atoms with E-state index in [1.165, 1.54) is 0 Å². The van der Waals surface area contributed by atoms with Gasteiger partial charge in [-0.3, -0.25) is 5.10 Å². The number of thioether (sulfide) groups is 1. The van der Waals surface area contributed by atoms with Crippen LogP contribution in [0.15, 0.2) is 71.6 Å². The Hall–Kier alpha value is -3.35. The smallest absolute Gasteiger partial charge is 0.328 e. The van der Waals surface area contributed by atoms with Gasteiger partial charge < -0.3 is 5.11 Å². The Morgan fingerprint density at radius 3 is 2.50 bits per heavy atom. The molecule has 1 aliphatic carbocycles. The second kappa shape index (κ2) is 10.3. The van der Waals surface area contributed by atoms with Crippen molar-refractivity contribution in [3.8, 4) is 0 Å². The van der Waals surface area contributed by atoms with Gasteiger partial charge in [0.2, 0.25) is 5.95 Å². The highest BCUT2D eigenvalue weighted by Crippen LogP contribution is 2.47. The predicted octanol–water partition coefficient (Wildman–Crippen LogP) is 7.93. The molecule has 2 N–H and O–H groups in total. The number of aromatic amines is 1. The largest absolute Gasteiger partial charge is 0.478 e. The highest BCUT2D eigenvalue weighted by atomic mass is 35.5. The number of rotatable bonds is 7. The number of nitrogens with zero attached hydrogens (tertiary/aromatic N) is 1. The summed E-state index contributed by atoms with van der Waals surface area (Å²) in [4.78, 5) is 12.0. The lowest BCUT2D eigenvalue weighted by molar-refractivity contribution is -0.131. The molecule has 1 aromatic heterocycles. The van der Waals surface area contributed by atoms with Crippen molar-refractivity contribution in [2.45, 2.75) is 24.2 Å². The van der Waals surface area contributed by atoms with Crippen molar-refractivity contribution in [3.63, 3.8) is 0 Å². The third kappa shape index (κ3) is 4.84. The average Bonchev–Trinajstić information content (AvgIpc) is 3.22. The summed E-state index contributed by atoms with van der Waals surface area (Å²) < 4.78 is 14.5. The molecule has 1 fully saturated rings. The van der Waals surface area contributed by atoms with Gasteiger partial charge in [0.15, 0.2) is 0 Å². The summed E-state index contributed by atoms with van der Waals surface area (Å²) in [7, 11) is 0. The van der Waals surface area contributed by atoms with E-state index in [2.05, 4.69) is 22.3 Å². The first-order valence-electron chi connectivity index (χ1n) is 11.7. The number of allylic oxidation sites excluding steroid dienone is 1.